The summed E-state index contributed by atoms with van der Waals surface area (Å²) in [4.78, 5) is 22.9. The van der Waals surface area contributed by atoms with Crippen LogP contribution in [0.25, 0.3) is 5.53 Å². The van der Waals surface area contributed by atoms with E-state index in [-0.39, 0.29) is 6.61 Å². The molecule has 0 radical (unpaired) electrons. The molecule has 2 N–H and O–H groups in total. The highest BCUT2D eigenvalue weighted by Gasteiger charge is 2.21. The summed E-state index contributed by atoms with van der Waals surface area (Å²) < 4.78 is 4.79. The van der Waals surface area contributed by atoms with Gasteiger partial charge in [0.15, 0.2) is 0 Å². The molecule has 1 aromatic carbocycles. The van der Waals surface area contributed by atoms with E-state index < -0.39 is 8.60 Å². The summed E-state index contributed by atoms with van der Waals surface area (Å²) in [6, 6.07) is 9.89. The fourth-order valence-corrected chi connectivity index (χ4v) is 2.88. The lowest BCUT2D eigenvalue weighted by Crippen LogP contribution is -2.12. The van der Waals surface area contributed by atoms with Crippen molar-refractivity contribution in [3.05, 3.63) is 58.5 Å². The number of allylic oxidation sites excluding steroid dienone is 2. The summed E-state index contributed by atoms with van der Waals surface area (Å²) in [5.74, 6) is 0. The number of rotatable bonds is 5. The second kappa shape index (κ2) is 7.50. The number of hydrogen-bond donors (Lipinski definition) is 2. The zero-order valence-corrected chi connectivity index (χ0v) is 12.2. The van der Waals surface area contributed by atoms with Crippen LogP contribution in [-0.4, -0.2) is 26.9 Å². The third-order valence-electron chi connectivity index (χ3n) is 2.62. The van der Waals surface area contributed by atoms with Gasteiger partial charge in [-0.15, -0.1) is 0 Å². The fraction of sp³-hybridized carbons (Fsp3) is 0.154. The van der Waals surface area contributed by atoms with Crippen molar-refractivity contribution in [2.24, 2.45) is 0 Å². The normalized spacial score (nSPS) is 14.8. The highest BCUT2D eigenvalue weighted by molar-refractivity contribution is 8.03. The molecule has 5 nitrogen and oxygen atoms in total. The lowest BCUT2D eigenvalue weighted by Gasteiger charge is -2.11. The Morgan fingerprint density at radius 2 is 2.05 bits per heavy atom. The van der Waals surface area contributed by atoms with Crippen LogP contribution in [0.4, 0.5) is 0 Å². The minimum Gasteiger partial charge on any atom is -0.361 e. The van der Waals surface area contributed by atoms with Gasteiger partial charge in [-0.3, -0.25) is 0 Å². The first-order valence-electron chi connectivity index (χ1n) is 5.85. The molecule has 0 unspecified atom stereocenters. The first-order chi connectivity index (χ1) is 9.69. The van der Waals surface area contributed by atoms with Crippen LogP contribution < -0.4 is 0 Å². The maximum atomic E-state index is 8.94. The molecule has 0 aromatic heterocycles. The van der Waals surface area contributed by atoms with E-state index in [0.717, 1.165) is 9.80 Å². The van der Waals surface area contributed by atoms with E-state index in [9.17, 15) is 0 Å². The molecule has 1 aliphatic rings. The molecule has 0 saturated carbocycles. The van der Waals surface area contributed by atoms with Crippen LogP contribution in [0.3, 0.4) is 0 Å². The zero-order valence-electron chi connectivity index (χ0n) is 10.5. The van der Waals surface area contributed by atoms with Gasteiger partial charge in [-0.1, -0.05) is 36.0 Å². The van der Waals surface area contributed by atoms with Gasteiger partial charge in [0.25, 0.3) is 0 Å². The Bertz CT molecular complexity index is 581. The number of hydrogen-bond acceptors (Lipinski definition) is 4. The molecule has 0 bridgehead atoms. The topological polar surface area (TPSA) is 86.1 Å². The van der Waals surface area contributed by atoms with Crippen molar-refractivity contribution in [1.82, 2.24) is 0 Å². The highest BCUT2D eigenvalue weighted by atomic mass is 32.2. The van der Waals surface area contributed by atoms with Gasteiger partial charge in [0.05, 0.1) is 18.6 Å². The van der Waals surface area contributed by atoms with Gasteiger partial charge < -0.3 is 19.8 Å². The van der Waals surface area contributed by atoms with Crippen molar-refractivity contribution >= 4 is 26.1 Å². The lowest BCUT2D eigenvalue weighted by atomic mass is 10.0. The molecule has 0 amide bonds. The van der Waals surface area contributed by atoms with Gasteiger partial charge in [0.1, 0.15) is 0 Å². The van der Waals surface area contributed by atoms with E-state index in [1.165, 1.54) is 0 Å². The molecule has 0 fully saturated rings. The van der Waals surface area contributed by atoms with E-state index in [2.05, 4.69) is 4.79 Å². The largest absolute Gasteiger partial charge is 0.361 e. The van der Waals surface area contributed by atoms with Gasteiger partial charge in [-0.05, 0) is 18.2 Å². The Morgan fingerprint density at radius 1 is 1.30 bits per heavy atom. The van der Waals surface area contributed by atoms with Crippen molar-refractivity contribution in [2.45, 2.75) is 11.3 Å². The Morgan fingerprint density at radius 3 is 2.70 bits per heavy atom. The Labute approximate surface area is 122 Å². The molecule has 20 heavy (non-hydrogen) atoms. The van der Waals surface area contributed by atoms with Gasteiger partial charge in [-0.2, -0.15) is 4.79 Å². The maximum Gasteiger partial charge on any atom is 0.327 e. The third kappa shape index (κ3) is 4.39. The lowest BCUT2D eigenvalue weighted by molar-refractivity contribution is -0.00709. The van der Waals surface area contributed by atoms with Gasteiger partial charge >= 0.3 is 14.3 Å². The molecule has 1 aliphatic carbocycles. The monoisotopic (exact) mass is 308 g/mol. The molecule has 1 aromatic rings. The summed E-state index contributed by atoms with van der Waals surface area (Å²) >= 11 is 1.59. The summed E-state index contributed by atoms with van der Waals surface area (Å²) in [6.07, 6.45) is 4.27. The molecule has 0 heterocycles. The molecule has 0 saturated heterocycles. The summed E-state index contributed by atoms with van der Waals surface area (Å²) in [5.41, 5.74) is 10.1. The summed E-state index contributed by atoms with van der Waals surface area (Å²) in [5, 5.41) is 0. The first kappa shape index (κ1) is 15.1. The van der Waals surface area contributed by atoms with E-state index in [0.29, 0.717) is 17.7 Å². The van der Waals surface area contributed by atoms with Gasteiger partial charge in [-0.25, -0.2) is 0 Å². The molecular formula is C13H13N2O3PS. The second-order valence-corrected chi connectivity index (χ2v) is 5.88. The molecule has 0 spiro atoms. The predicted octanol–water partition coefficient (Wildman–Crippen LogP) is 2.89. The molecule has 104 valence electrons. The van der Waals surface area contributed by atoms with Crippen LogP contribution in [0.5, 0.6) is 0 Å². The average molecular weight is 308 g/mol. The quantitative estimate of drug-likeness (QED) is 0.497. The van der Waals surface area contributed by atoms with Crippen molar-refractivity contribution in [2.75, 3.05) is 6.61 Å². The van der Waals surface area contributed by atoms with Crippen LogP contribution in [0.15, 0.2) is 57.9 Å². The van der Waals surface area contributed by atoms with Gasteiger partial charge in [0.2, 0.25) is 0 Å². The maximum absolute atomic E-state index is 8.94. The highest BCUT2D eigenvalue weighted by Crippen LogP contribution is 2.32. The van der Waals surface area contributed by atoms with Crippen LogP contribution >= 0.6 is 20.4 Å². The summed E-state index contributed by atoms with van der Waals surface area (Å²) in [6.45, 7) is 0.00475. The summed E-state index contributed by atoms with van der Waals surface area (Å²) in [7, 11) is -2.42. The smallest absolute Gasteiger partial charge is 0.327 e. The Kier molecular flexibility index (Phi) is 5.68. The van der Waals surface area contributed by atoms with E-state index in [4.69, 9.17) is 19.8 Å². The molecular weight excluding hydrogens is 295 g/mol. The Hall–Kier alpha value is -1.26. The second-order valence-electron chi connectivity index (χ2n) is 3.97. The Balaban J connectivity index is 2.11. The van der Waals surface area contributed by atoms with E-state index in [1.807, 2.05) is 42.5 Å². The van der Waals surface area contributed by atoms with Gasteiger partial charge in [0, 0.05) is 9.80 Å². The van der Waals surface area contributed by atoms with Crippen molar-refractivity contribution < 1.29 is 19.1 Å². The molecule has 0 aliphatic heterocycles. The SMILES string of the molecule is [N-]=[N+]=C1CC=C(Sc2ccccc2)C=C1COP(O)O. The van der Waals surface area contributed by atoms with Crippen molar-refractivity contribution in [3.63, 3.8) is 0 Å². The average Bonchev–Trinajstić information content (AvgIpc) is 2.46. The molecule has 0 atom stereocenters. The fourth-order valence-electron chi connectivity index (χ4n) is 1.70. The van der Waals surface area contributed by atoms with Crippen LogP contribution in [0, 0.1) is 0 Å². The van der Waals surface area contributed by atoms with E-state index in [1.54, 1.807) is 11.8 Å². The van der Waals surface area contributed by atoms with Crippen molar-refractivity contribution in [3.8, 4) is 0 Å². The van der Waals surface area contributed by atoms with Crippen LogP contribution in [0.1, 0.15) is 6.42 Å². The van der Waals surface area contributed by atoms with Crippen LogP contribution in [-0.2, 0) is 4.52 Å². The molecule has 2 rings (SSSR count). The minimum atomic E-state index is -2.42. The number of thioether (sulfide) groups is 1. The van der Waals surface area contributed by atoms with E-state index >= 15 is 0 Å². The predicted molar refractivity (Wildman–Crippen MR) is 79.0 cm³/mol. The standard InChI is InChI=1S/C13H13N2O3PS/c14-15-13-7-6-12(8-10(13)9-18-19(16)17)20-11-4-2-1-3-5-11/h1-6,8,16-17H,7,9H2. The van der Waals surface area contributed by atoms with Crippen LogP contribution in [0.2, 0.25) is 0 Å². The zero-order chi connectivity index (χ0) is 14.4. The third-order valence-corrected chi connectivity index (χ3v) is 4.01. The number of nitrogens with zero attached hydrogens (tertiary/aromatic N) is 2. The molecule has 7 heteroatoms. The number of benzene rings is 1. The first-order valence-corrected chi connectivity index (χ1v) is 7.83. The minimum absolute atomic E-state index is 0.00475. The van der Waals surface area contributed by atoms with Crippen molar-refractivity contribution in [1.29, 1.82) is 0 Å².